The first-order valence-corrected chi connectivity index (χ1v) is 11.0. The van der Waals surface area contributed by atoms with Gasteiger partial charge in [0, 0.05) is 38.4 Å². The van der Waals surface area contributed by atoms with Gasteiger partial charge < -0.3 is 10.2 Å². The molecule has 1 aliphatic rings. The number of rotatable bonds is 7. The van der Waals surface area contributed by atoms with Crippen LogP contribution in [0.25, 0.3) is 0 Å². The normalized spacial score (nSPS) is 14.4. The van der Waals surface area contributed by atoms with E-state index in [0.29, 0.717) is 11.0 Å². The van der Waals surface area contributed by atoms with Crippen LogP contribution in [0.4, 0.5) is 5.82 Å². The number of carbonyl (C=O) groups is 1. The molecule has 0 unspecified atom stereocenters. The van der Waals surface area contributed by atoms with E-state index < -0.39 is 15.9 Å². The zero-order chi connectivity index (χ0) is 21.0. The van der Waals surface area contributed by atoms with Crippen molar-refractivity contribution in [2.75, 3.05) is 32.1 Å². The van der Waals surface area contributed by atoms with Crippen LogP contribution in [0.3, 0.4) is 0 Å². The highest BCUT2D eigenvalue weighted by Crippen LogP contribution is 2.25. The molecule has 1 amide bonds. The average Bonchev–Trinajstić information content (AvgIpc) is 3.26. The number of hydroxylamine groups is 1. The first-order valence-electron chi connectivity index (χ1n) is 9.13. The Kier molecular flexibility index (Phi) is 6.74. The fourth-order valence-corrected chi connectivity index (χ4v) is 4.53. The Hall–Kier alpha value is -2.20. The van der Waals surface area contributed by atoms with Gasteiger partial charge in [-0.15, -0.1) is 0 Å². The molecule has 0 atom stereocenters. The first kappa shape index (κ1) is 21.5. The highest BCUT2D eigenvalue weighted by molar-refractivity contribution is 7.89. The van der Waals surface area contributed by atoms with E-state index in [1.165, 1.54) is 32.4 Å². The molecule has 0 saturated carbocycles. The van der Waals surface area contributed by atoms with Crippen LogP contribution in [-0.4, -0.2) is 51.0 Å². The topological polar surface area (TPSA) is 91.8 Å². The van der Waals surface area contributed by atoms with Gasteiger partial charge in [0.25, 0.3) is 15.9 Å². The third-order valence-corrected chi connectivity index (χ3v) is 6.92. The van der Waals surface area contributed by atoms with Gasteiger partial charge in [-0.3, -0.25) is 9.63 Å². The molecule has 29 heavy (non-hydrogen) atoms. The van der Waals surface area contributed by atoms with E-state index in [-0.39, 0.29) is 15.5 Å². The number of pyridine rings is 1. The van der Waals surface area contributed by atoms with Gasteiger partial charge in [0.15, 0.2) is 0 Å². The second kappa shape index (κ2) is 9.08. The Morgan fingerprint density at radius 3 is 2.69 bits per heavy atom. The third-order valence-electron chi connectivity index (χ3n) is 4.76. The Labute approximate surface area is 175 Å². The lowest BCUT2D eigenvalue weighted by molar-refractivity contribution is -0.0258. The minimum absolute atomic E-state index is 0.00911. The number of hydrogen-bond donors (Lipinski definition) is 1. The summed E-state index contributed by atoms with van der Waals surface area (Å²) < 4.78 is 25.6. The van der Waals surface area contributed by atoms with E-state index in [4.69, 9.17) is 16.4 Å². The third kappa shape index (κ3) is 4.87. The fourth-order valence-electron chi connectivity index (χ4n) is 3.05. The molecule has 0 spiro atoms. The molecule has 8 nitrogen and oxygen atoms in total. The van der Waals surface area contributed by atoms with E-state index >= 15 is 0 Å². The van der Waals surface area contributed by atoms with Crippen molar-refractivity contribution in [2.45, 2.75) is 24.3 Å². The van der Waals surface area contributed by atoms with Gasteiger partial charge in [0.2, 0.25) is 0 Å². The summed E-state index contributed by atoms with van der Waals surface area (Å²) in [7, 11) is -1.49. The van der Waals surface area contributed by atoms with Crippen molar-refractivity contribution in [3.05, 3.63) is 52.7 Å². The number of sulfonamides is 1. The molecule has 1 fully saturated rings. The molecule has 2 heterocycles. The Morgan fingerprint density at radius 1 is 1.28 bits per heavy atom. The number of nitrogens with zero attached hydrogens (tertiary/aromatic N) is 3. The molecular formula is C19H23ClN4O4S. The highest BCUT2D eigenvalue weighted by atomic mass is 35.5. The average molecular weight is 439 g/mol. The smallest absolute Gasteiger partial charge is 0.266 e. The molecular weight excluding hydrogens is 416 g/mol. The largest absolute Gasteiger partial charge is 0.357 e. The van der Waals surface area contributed by atoms with Crippen LogP contribution in [0.2, 0.25) is 5.02 Å². The maximum Gasteiger partial charge on any atom is 0.266 e. The summed E-state index contributed by atoms with van der Waals surface area (Å²) in [5.74, 6) is 0.495. The standard InChI is InChI=1S/C19H23ClN4O4S/c1-23(28-2)29(26,27)17-12-15(5-6-16(17)20)19(25)22-13-14-7-8-21-18(11-14)24-9-3-4-10-24/h5-8,11-12H,3-4,9-10,13H2,1-2H3,(H,22,25). The molecule has 1 aliphatic heterocycles. The predicted octanol–water partition coefficient (Wildman–Crippen LogP) is 2.45. The number of hydrogen-bond acceptors (Lipinski definition) is 6. The lowest BCUT2D eigenvalue weighted by atomic mass is 10.2. The molecule has 156 valence electrons. The summed E-state index contributed by atoms with van der Waals surface area (Å²) in [4.78, 5) is 23.7. The molecule has 3 rings (SSSR count). The van der Waals surface area contributed by atoms with Crippen LogP contribution >= 0.6 is 11.6 Å². The SMILES string of the molecule is CON(C)S(=O)(=O)c1cc(C(=O)NCc2ccnc(N3CCCC3)c2)ccc1Cl. The summed E-state index contributed by atoms with van der Waals surface area (Å²) in [5.41, 5.74) is 1.10. The van der Waals surface area contributed by atoms with Crippen molar-refractivity contribution in [3.8, 4) is 0 Å². The number of aromatic nitrogens is 1. The van der Waals surface area contributed by atoms with Crippen molar-refractivity contribution in [2.24, 2.45) is 0 Å². The van der Waals surface area contributed by atoms with E-state index in [1.807, 2.05) is 12.1 Å². The Balaban J connectivity index is 1.73. The first-order chi connectivity index (χ1) is 13.8. The lowest BCUT2D eigenvalue weighted by Gasteiger charge is -2.17. The van der Waals surface area contributed by atoms with Crippen LogP contribution < -0.4 is 10.2 Å². The van der Waals surface area contributed by atoms with Crippen LogP contribution in [0.5, 0.6) is 0 Å². The zero-order valence-corrected chi connectivity index (χ0v) is 17.8. The number of anilines is 1. The second-order valence-electron chi connectivity index (χ2n) is 6.64. The Morgan fingerprint density at radius 2 is 2.00 bits per heavy atom. The van der Waals surface area contributed by atoms with Gasteiger partial charge >= 0.3 is 0 Å². The molecule has 0 aliphatic carbocycles. The zero-order valence-electron chi connectivity index (χ0n) is 16.3. The van der Waals surface area contributed by atoms with Crippen molar-refractivity contribution in [1.29, 1.82) is 0 Å². The predicted molar refractivity (Wildman–Crippen MR) is 110 cm³/mol. The second-order valence-corrected chi connectivity index (χ2v) is 8.95. The quantitative estimate of drug-likeness (QED) is 0.667. The minimum atomic E-state index is -3.97. The van der Waals surface area contributed by atoms with Gasteiger partial charge in [-0.25, -0.2) is 13.4 Å². The van der Waals surface area contributed by atoms with E-state index in [1.54, 1.807) is 6.20 Å². The van der Waals surface area contributed by atoms with Gasteiger partial charge in [-0.1, -0.05) is 16.1 Å². The highest BCUT2D eigenvalue weighted by Gasteiger charge is 2.25. The molecule has 10 heteroatoms. The van der Waals surface area contributed by atoms with E-state index in [2.05, 4.69) is 15.2 Å². The van der Waals surface area contributed by atoms with Crippen molar-refractivity contribution < 1.29 is 18.0 Å². The molecule has 1 N–H and O–H groups in total. The van der Waals surface area contributed by atoms with Crippen LogP contribution in [0.1, 0.15) is 28.8 Å². The van der Waals surface area contributed by atoms with Gasteiger partial charge in [0.1, 0.15) is 10.7 Å². The van der Waals surface area contributed by atoms with Crippen LogP contribution in [0.15, 0.2) is 41.4 Å². The van der Waals surface area contributed by atoms with Crippen molar-refractivity contribution in [3.63, 3.8) is 0 Å². The maximum absolute atomic E-state index is 12.6. The summed E-state index contributed by atoms with van der Waals surface area (Å²) in [6.45, 7) is 2.27. The maximum atomic E-state index is 12.6. The van der Waals surface area contributed by atoms with Gasteiger partial charge in [-0.2, -0.15) is 0 Å². The number of benzene rings is 1. The summed E-state index contributed by atoms with van der Waals surface area (Å²) in [6, 6.07) is 7.89. The molecule has 1 saturated heterocycles. The number of amides is 1. The van der Waals surface area contributed by atoms with E-state index in [0.717, 1.165) is 37.3 Å². The lowest BCUT2D eigenvalue weighted by Crippen LogP contribution is -2.27. The molecule has 2 aromatic rings. The minimum Gasteiger partial charge on any atom is -0.357 e. The van der Waals surface area contributed by atoms with Crippen molar-refractivity contribution >= 4 is 33.3 Å². The summed E-state index contributed by atoms with van der Waals surface area (Å²) >= 11 is 6.03. The summed E-state index contributed by atoms with van der Waals surface area (Å²) in [6.07, 6.45) is 4.04. The number of halogens is 1. The Bertz CT molecular complexity index is 993. The molecule has 1 aromatic carbocycles. The van der Waals surface area contributed by atoms with E-state index in [9.17, 15) is 13.2 Å². The van der Waals surface area contributed by atoms with Gasteiger partial charge in [0.05, 0.1) is 12.1 Å². The number of nitrogens with one attached hydrogen (secondary N) is 1. The monoisotopic (exact) mass is 438 g/mol. The number of carbonyl (C=O) groups excluding carboxylic acids is 1. The fraction of sp³-hybridized carbons (Fsp3) is 0.368. The van der Waals surface area contributed by atoms with Crippen LogP contribution in [-0.2, 0) is 21.4 Å². The summed E-state index contributed by atoms with van der Waals surface area (Å²) in [5, 5.41) is 2.82. The van der Waals surface area contributed by atoms with Crippen LogP contribution in [0, 0.1) is 0 Å². The molecule has 1 aromatic heterocycles. The van der Waals surface area contributed by atoms with Gasteiger partial charge in [-0.05, 0) is 48.7 Å². The van der Waals surface area contributed by atoms with Crippen molar-refractivity contribution in [1.82, 2.24) is 14.8 Å². The molecule has 0 radical (unpaired) electrons. The molecule has 0 bridgehead atoms.